The molecule has 0 amide bonds. The minimum Gasteiger partial charge on any atom is -0.294 e. The summed E-state index contributed by atoms with van der Waals surface area (Å²) in [4.78, 5) is 1.57. The van der Waals surface area contributed by atoms with Crippen molar-refractivity contribution in [1.29, 1.82) is 0 Å². The zero-order valence-electron chi connectivity index (χ0n) is 11.1. The predicted octanol–water partition coefficient (Wildman–Crippen LogP) is 4.14. The lowest BCUT2D eigenvalue weighted by atomic mass is 9.75. The summed E-state index contributed by atoms with van der Waals surface area (Å²) in [6.07, 6.45) is 2.19. The van der Waals surface area contributed by atoms with Gasteiger partial charge < -0.3 is 0 Å². The molecule has 18 heavy (non-hydrogen) atoms. The van der Waals surface area contributed by atoms with Crippen LogP contribution in [0.2, 0.25) is 0 Å². The van der Waals surface area contributed by atoms with E-state index in [4.69, 9.17) is 0 Å². The van der Waals surface area contributed by atoms with Crippen molar-refractivity contribution in [2.24, 2.45) is 5.41 Å². The molecule has 1 aliphatic carbocycles. The van der Waals surface area contributed by atoms with Crippen molar-refractivity contribution in [2.45, 2.75) is 51.6 Å². The summed E-state index contributed by atoms with van der Waals surface area (Å²) in [5, 5.41) is 0. The van der Waals surface area contributed by atoms with Crippen LogP contribution in [-0.4, -0.2) is 36.5 Å². The third-order valence-electron chi connectivity index (χ3n) is 3.75. The van der Waals surface area contributed by atoms with E-state index in [1.165, 1.54) is 6.42 Å². The van der Waals surface area contributed by atoms with Crippen LogP contribution in [0, 0.1) is 5.41 Å². The van der Waals surface area contributed by atoms with Crippen molar-refractivity contribution in [3.63, 3.8) is 0 Å². The van der Waals surface area contributed by atoms with Crippen LogP contribution < -0.4 is 0 Å². The second kappa shape index (κ2) is 7.04. The maximum atomic E-state index is 12.6. The van der Waals surface area contributed by atoms with Crippen LogP contribution in [0.1, 0.15) is 45.4 Å². The van der Waals surface area contributed by atoms with Gasteiger partial charge in [-0.2, -0.15) is 25.8 Å². The molecule has 0 bridgehead atoms. The molecular formula is C13H24F3NS. The van der Waals surface area contributed by atoms with Crippen molar-refractivity contribution >= 4 is 12.6 Å². The third-order valence-corrected chi connectivity index (χ3v) is 4.42. The molecule has 0 aromatic carbocycles. The molecule has 0 N–H and O–H groups in total. The van der Waals surface area contributed by atoms with Gasteiger partial charge in [-0.05, 0) is 37.0 Å². The van der Waals surface area contributed by atoms with Gasteiger partial charge in [-0.15, -0.1) is 0 Å². The third kappa shape index (κ3) is 5.39. The molecule has 0 atom stereocenters. The van der Waals surface area contributed by atoms with Crippen molar-refractivity contribution < 1.29 is 13.2 Å². The predicted molar refractivity (Wildman–Crippen MR) is 72.2 cm³/mol. The molecule has 5 heteroatoms. The zero-order chi connectivity index (χ0) is 13.6. The summed E-state index contributed by atoms with van der Waals surface area (Å²) in [7, 11) is 0. The molecule has 1 aliphatic rings. The monoisotopic (exact) mass is 283 g/mol. The Balaban J connectivity index is 2.62. The maximum Gasteiger partial charge on any atom is 0.401 e. The first-order chi connectivity index (χ1) is 8.41. The van der Waals surface area contributed by atoms with E-state index in [0.29, 0.717) is 18.8 Å². The quantitative estimate of drug-likeness (QED) is 0.717. The highest BCUT2D eigenvalue weighted by molar-refractivity contribution is 7.80. The number of alkyl halides is 3. The van der Waals surface area contributed by atoms with Crippen LogP contribution in [0.3, 0.4) is 0 Å². The molecule has 0 heterocycles. The lowest BCUT2D eigenvalue weighted by Gasteiger charge is -2.40. The first-order valence-electron chi connectivity index (χ1n) is 6.81. The van der Waals surface area contributed by atoms with E-state index in [1.807, 2.05) is 6.92 Å². The number of hydrogen-bond acceptors (Lipinski definition) is 2. The molecule has 0 unspecified atom stereocenters. The number of hydrogen-bond donors (Lipinski definition) is 1. The number of nitrogens with zero attached hydrogens (tertiary/aromatic N) is 1. The molecule has 0 aromatic rings. The van der Waals surface area contributed by atoms with E-state index in [-0.39, 0.29) is 5.41 Å². The van der Waals surface area contributed by atoms with Gasteiger partial charge in [0.2, 0.25) is 0 Å². The molecule has 108 valence electrons. The Morgan fingerprint density at radius 2 is 1.78 bits per heavy atom. The van der Waals surface area contributed by atoms with Gasteiger partial charge >= 0.3 is 6.18 Å². The summed E-state index contributed by atoms with van der Waals surface area (Å²) in [5.41, 5.74) is 0.00177. The number of rotatable bonds is 6. The molecule has 0 saturated heterocycles. The first-order valence-corrected chi connectivity index (χ1v) is 7.44. The fraction of sp³-hybridized carbons (Fsp3) is 1.00. The average molecular weight is 283 g/mol. The fourth-order valence-electron chi connectivity index (χ4n) is 2.93. The second-order valence-corrected chi connectivity index (χ2v) is 5.86. The second-order valence-electron chi connectivity index (χ2n) is 5.54. The molecule has 1 saturated carbocycles. The largest absolute Gasteiger partial charge is 0.401 e. The van der Waals surface area contributed by atoms with Crippen LogP contribution in [0.15, 0.2) is 0 Å². The van der Waals surface area contributed by atoms with Crippen molar-refractivity contribution in [3.8, 4) is 0 Å². The van der Waals surface area contributed by atoms with E-state index in [1.54, 1.807) is 4.90 Å². The Morgan fingerprint density at radius 3 is 2.22 bits per heavy atom. The fourth-order valence-corrected chi connectivity index (χ4v) is 3.34. The summed E-state index contributed by atoms with van der Waals surface area (Å²) in [6, 6.07) is 0. The van der Waals surface area contributed by atoms with Gasteiger partial charge in [0.05, 0.1) is 6.54 Å². The average Bonchev–Trinajstić information content (AvgIpc) is 2.28. The first kappa shape index (κ1) is 16.2. The van der Waals surface area contributed by atoms with Gasteiger partial charge in [-0.25, -0.2) is 0 Å². The van der Waals surface area contributed by atoms with Crippen LogP contribution >= 0.6 is 12.6 Å². The lowest BCUT2D eigenvalue weighted by molar-refractivity contribution is -0.149. The Morgan fingerprint density at radius 1 is 1.17 bits per heavy atom. The molecule has 1 fully saturated rings. The van der Waals surface area contributed by atoms with Crippen LogP contribution in [0.4, 0.5) is 13.2 Å². The van der Waals surface area contributed by atoms with Gasteiger partial charge in [0.15, 0.2) is 0 Å². The highest BCUT2D eigenvalue weighted by atomic mass is 32.1. The van der Waals surface area contributed by atoms with E-state index in [0.717, 1.165) is 32.1 Å². The summed E-state index contributed by atoms with van der Waals surface area (Å²) in [6.45, 7) is 2.22. The van der Waals surface area contributed by atoms with Crippen molar-refractivity contribution in [2.75, 3.05) is 25.4 Å². The summed E-state index contributed by atoms with van der Waals surface area (Å²) in [5.74, 6) is 0.699. The lowest BCUT2D eigenvalue weighted by Crippen LogP contribution is -2.44. The van der Waals surface area contributed by atoms with E-state index in [2.05, 4.69) is 12.6 Å². The van der Waals surface area contributed by atoms with Gasteiger partial charge in [-0.3, -0.25) is 4.90 Å². The minimum atomic E-state index is -4.10. The smallest absolute Gasteiger partial charge is 0.294 e. The van der Waals surface area contributed by atoms with E-state index in [9.17, 15) is 13.2 Å². The molecule has 0 spiro atoms. The van der Waals surface area contributed by atoms with Crippen LogP contribution in [-0.2, 0) is 0 Å². The molecule has 0 aromatic heterocycles. The summed E-state index contributed by atoms with van der Waals surface area (Å²) >= 11 is 4.40. The van der Waals surface area contributed by atoms with Gasteiger partial charge in [0.25, 0.3) is 0 Å². The zero-order valence-corrected chi connectivity index (χ0v) is 12.0. The van der Waals surface area contributed by atoms with Gasteiger partial charge in [-0.1, -0.05) is 26.2 Å². The molecule has 1 rings (SSSR count). The van der Waals surface area contributed by atoms with Gasteiger partial charge in [0, 0.05) is 6.54 Å². The van der Waals surface area contributed by atoms with Gasteiger partial charge in [0.1, 0.15) is 0 Å². The molecular weight excluding hydrogens is 259 g/mol. The van der Waals surface area contributed by atoms with Crippen LogP contribution in [0.25, 0.3) is 0 Å². The Kier molecular flexibility index (Phi) is 6.31. The maximum absolute atomic E-state index is 12.6. The van der Waals surface area contributed by atoms with Crippen molar-refractivity contribution in [3.05, 3.63) is 0 Å². The van der Waals surface area contributed by atoms with Crippen LogP contribution in [0.5, 0.6) is 0 Å². The SMILES string of the molecule is CCCN(CC(F)(F)F)CC1(CS)CCCCC1. The van der Waals surface area contributed by atoms with E-state index < -0.39 is 12.7 Å². The topological polar surface area (TPSA) is 3.24 Å². The standard InChI is InChI=1S/C13H24F3NS/c1-2-8-17(10-13(14,15)16)9-12(11-18)6-4-3-5-7-12/h18H,2-11H2,1H3. The summed E-state index contributed by atoms with van der Waals surface area (Å²) < 4.78 is 37.7. The normalized spacial score (nSPS) is 20.3. The number of halogens is 3. The Labute approximate surface area is 114 Å². The molecule has 0 radical (unpaired) electrons. The minimum absolute atomic E-state index is 0.00177. The highest BCUT2D eigenvalue weighted by Crippen LogP contribution is 2.38. The molecule has 1 nitrogen and oxygen atoms in total. The molecule has 0 aliphatic heterocycles. The van der Waals surface area contributed by atoms with Crippen molar-refractivity contribution in [1.82, 2.24) is 4.90 Å². The Hall–Kier alpha value is 0.100. The Bertz CT molecular complexity index is 237. The number of thiol groups is 1. The van der Waals surface area contributed by atoms with E-state index >= 15 is 0 Å². The highest BCUT2D eigenvalue weighted by Gasteiger charge is 2.36.